The minimum atomic E-state index is -0.254. The van der Waals surface area contributed by atoms with Crippen LogP contribution >= 0.6 is 23.2 Å². The second-order valence-corrected chi connectivity index (χ2v) is 4.52. The lowest BCUT2D eigenvalue weighted by atomic mass is 10.2. The number of nitrogens with two attached hydrogens (primary N) is 1. The number of anilines is 1. The molecule has 88 valence electrons. The van der Waals surface area contributed by atoms with E-state index in [9.17, 15) is 4.79 Å². The SMILES string of the molecule is Nc1cc(Cl)c(=O)n(Cc2ccc(Cl)cc2)c1. The normalized spacial score (nSPS) is 10.5. The average Bonchev–Trinajstić information content (AvgIpc) is 2.28. The van der Waals surface area contributed by atoms with Crippen LogP contribution < -0.4 is 11.3 Å². The molecule has 0 saturated carbocycles. The Labute approximate surface area is 108 Å². The molecule has 1 heterocycles. The van der Waals surface area contributed by atoms with Crippen molar-refractivity contribution in [3.63, 3.8) is 0 Å². The molecule has 17 heavy (non-hydrogen) atoms. The lowest BCUT2D eigenvalue weighted by Crippen LogP contribution is -2.21. The maximum absolute atomic E-state index is 11.7. The van der Waals surface area contributed by atoms with E-state index in [0.717, 1.165) is 5.56 Å². The second-order valence-electron chi connectivity index (χ2n) is 3.68. The Morgan fingerprint density at radius 2 is 1.82 bits per heavy atom. The molecule has 1 aromatic carbocycles. The fraction of sp³-hybridized carbons (Fsp3) is 0.0833. The molecule has 3 nitrogen and oxygen atoms in total. The van der Waals surface area contributed by atoms with Gasteiger partial charge in [-0.3, -0.25) is 4.79 Å². The van der Waals surface area contributed by atoms with E-state index in [-0.39, 0.29) is 10.6 Å². The van der Waals surface area contributed by atoms with Crippen LogP contribution in [-0.2, 0) is 6.54 Å². The smallest absolute Gasteiger partial charge is 0.269 e. The predicted molar refractivity (Wildman–Crippen MR) is 70.7 cm³/mol. The first kappa shape index (κ1) is 12.0. The summed E-state index contributed by atoms with van der Waals surface area (Å²) in [5.74, 6) is 0. The van der Waals surface area contributed by atoms with Crippen LogP contribution in [0.15, 0.2) is 41.3 Å². The van der Waals surface area contributed by atoms with Gasteiger partial charge >= 0.3 is 0 Å². The van der Waals surface area contributed by atoms with E-state index in [2.05, 4.69) is 0 Å². The van der Waals surface area contributed by atoms with Gasteiger partial charge in [-0.2, -0.15) is 0 Å². The van der Waals surface area contributed by atoms with Crippen LogP contribution in [0.2, 0.25) is 10.0 Å². The fourth-order valence-electron chi connectivity index (χ4n) is 1.53. The summed E-state index contributed by atoms with van der Waals surface area (Å²) < 4.78 is 1.47. The molecule has 0 amide bonds. The maximum atomic E-state index is 11.7. The van der Waals surface area contributed by atoms with Crippen molar-refractivity contribution >= 4 is 28.9 Å². The molecule has 2 aromatic rings. The zero-order valence-corrected chi connectivity index (χ0v) is 10.4. The molecule has 0 aliphatic carbocycles. The van der Waals surface area contributed by atoms with Crippen LogP contribution in [0.3, 0.4) is 0 Å². The summed E-state index contributed by atoms with van der Waals surface area (Å²) in [5.41, 5.74) is 6.81. The van der Waals surface area contributed by atoms with Crippen molar-refractivity contribution in [1.82, 2.24) is 4.57 Å². The minimum absolute atomic E-state index is 0.124. The third-order valence-corrected chi connectivity index (χ3v) is 2.85. The highest BCUT2D eigenvalue weighted by atomic mass is 35.5. The van der Waals surface area contributed by atoms with Gasteiger partial charge in [-0.1, -0.05) is 35.3 Å². The number of halogens is 2. The van der Waals surface area contributed by atoms with E-state index < -0.39 is 0 Å². The van der Waals surface area contributed by atoms with Gasteiger partial charge in [0.2, 0.25) is 0 Å². The minimum Gasteiger partial charge on any atom is -0.397 e. The number of nitrogen functional groups attached to an aromatic ring is 1. The molecule has 0 aliphatic heterocycles. The fourth-order valence-corrected chi connectivity index (χ4v) is 1.89. The van der Waals surface area contributed by atoms with Crippen LogP contribution in [0.1, 0.15) is 5.56 Å². The molecule has 5 heteroatoms. The molecule has 1 aromatic heterocycles. The quantitative estimate of drug-likeness (QED) is 0.911. The van der Waals surface area contributed by atoms with Crippen molar-refractivity contribution in [2.24, 2.45) is 0 Å². The second kappa shape index (κ2) is 4.82. The summed E-state index contributed by atoms with van der Waals surface area (Å²) >= 11 is 11.6. The van der Waals surface area contributed by atoms with Crippen molar-refractivity contribution in [3.8, 4) is 0 Å². The molecule has 2 N–H and O–H groups in total. The van der Waals surface area contributed by atoms with Crippen LogP contribution in [0.4, 0.5) is 5.69 Å². The first-order chi connectivity index (χ1) is 8.06. The number of aromatic nitrogens is 1. The van der Waals surface area contributed by atoms with Crippen molar-refractivity contribution in [3.05, 3.63) is 62.5 Å². The van der Waals surface area contributed by atoms with Crippen molar-refractivity contribution < 1.29 is 0 Å². The van der Waals surface area contributed by atoms with Crippen LogP contribution in [0.5, 0.6) is 0 Å². The summed E-state index contributed by atoms with van der Waals surface area (Å²) in [4.78, 5) is 11.7. The number of pyridine rings is 1. The van der Waals surface area contributed by atoms with E-state index in [1.807, 2.05) is 12.1 Å². The van der Waals surface area contributed by atoms with Crippen LogP contribution in [0, 0.1) is 0 Å². The Bertz CT molecular complexity index is 590. The molecule has 0 atom stereocenters. The van der Waals surface area contributed by atoms with E-state index in [1.165, 1.54) is 10.6 Å². The van der Waals surface area contributed by atoms with Gasteiger partial charge in [-0.25, -0.2) is 0 Å². The largest absolute Gasteiger partial charge is 0.397 e. The number of hydrogen-bond donors (Lipinski definition) is 1. The first-order valence-electron chi connectivity index (χ1n) is 4.96. The molecule has 0 unspecified atom stereocenters. The Morgan fingerprint density at radius 3 is 2.47 bits per heavy atom. The zero-order valence-electron chi connectivity index (χ0n) is 8.86. The summed E-state index contributed by atoms with van der Waals surface area (Å²) in [6.07, 6.45) is 1.57. The standard InChI is InChI=1S/C12H10Cl2N2O/c13-9-3-1-8(2-4-9)6-16-7-10(15)5-11(14)12(16)17/h1-5,7H,6,15H2. The van der Waals surface area contributed by atoms with E-state index >= 15 is 0 Å². The summed E-state index contributed by atoms with van der Waals surface area (Å²) in [6.45, 7) is 0.417. The third-order valence-electron chi connectivity index (χ3n) is 2.33. The number of hydrogen-bond acceptors (Lipinski definition) is 2. The lowest BCUT2D eigenvalue weighted by molar-refractivity contribution is 0.762. The molecular weight excluding hydrogens is 259 g/mol. The Hall–Kier alpha value is -1.45. The topological polar surface area (TPSA) is 48.0 Å². The Kier molecular flexibility index (Phi) is 3.41. The van der Waals surface area contributed by atoms with Gasteiger partial charge in [-0.05, 0) is 23.8 Å². The first-order valence-corrected chi connectivity index (χ1v) is 5.72. The molecule has 0 aliphatic rings. The average molecular weight is 269 g/mol. The third kappa shape index (κ3) is 2.81. The van der Waals surface area contributed by atoms with Gasteiger partial charge in [0.15, 0.2) is 0 Å². The zero-order chi connectivity index (χ0) is 12.4. The molecular formula is C12H10Cl2N2O. The molecule has 0 spiro atoms. The predicted octanol–water partition coefficient (Wildman–Crippen LogP) is 2.79. The van der Waals surface area contributed by atoms with Crippen molar-refractivity contribution in [2.75, 3.05) is 5.73 Å². The molecule has 2 rings (SSSR count). The van der Waals surface area contributed by atoms with Gasteiger partial charge in [0.25, 0.3) is 5.56 Å². The monoisotopic (exact) mass is 268 g/mol. The van der Waals surface area contributed by atoms with E-state index in [4.69, 9.17) is 28.9 Å². The van der Waals surface area contributed by atoms with Crippen LogP contribution in [-0.4, -0.2) is 4.57 Å². The Morgan fingerprint density at radius 1 is 1.18 bits per heavy atom. The molecule has 0 fully saturated rings. The van der Waals surface area contributed by atoms with Crippen molar-refractivity contribution in [2.45, 2.75) is 6.54 Å². The van der Waals surface area contributed by atoms with Crippen LogP contribution in [0.25, 0.3) is 0 Å². The van der Waals surface area contributed by atoms with Gasteiger partial charge in [0.1, 0.15) is 5.02 Å². The summed E-state index contributed by atoms with van der Waals surface area (Å²) in [7, 11) is 0. The molecule has 0 radical (unpaired) electrons. The van der Waals surface area contributed by atoms with Crippen molar-refractivity contribution in [1.29, 1.82) is 0 Å². The van der Waals surface area contributed by atoms with E-state index in [0.29, 0.717) is 17.3 Å². The number of nitrogens with zero attached hydrogens (tertiary/aromatic N) is 1. The highest BCUT2D eigenvalue weighted by Crippen LogP contribution is 2.12. The lowest BCUT2D eigenvalue weighted by Gasteiger charge is -2.07. The maximum Gasteiger partial charge on any atom is 0.269 e. The van der Waals surface area contributed by atoms with Gasteiger partial charge < -0.3 is 10.3 Å². The summed E-state index contributed by atoms with van der Waals surface area (Å²) in [5, 5.41) is 0.783. The highest BCUT2D eigenvalue weighted by molar-refractivity contribution is 6.30. The highest BCUT2D eigenvalue weighted by Gasteiger charge is 2.03. The van der Waals surface area contributed by atoms with Gasteiger partial charge in [0.05, 0.1) is 6.54 Å². The Balaban J connectivity index is 2.36. The summed E-state index contributed by atoms with van der Waals surface area (Å²) in [6, 6.07) is 8.70. The number of benzene rings is 1. The number of rotatable bonds is 2. The van der Waals surface area contributed by atoms with E-state index in [1.54, 1.807) is 18.3 Å². The molecule has 0 saturated heterocycles. The van der Waals surface area contributed by atoms with Gasteiger partial charge in [-0.15, -0.1) is 0 Å². The molecule has 0 bridgehead atoms. The van der Waals surface area contributed by atoms with Gasteiger partial charge in [0, 0.05) is 16.9 Å².